The Balaban J connectivity index is 1.38. The van der Waals surface area contributed by atoms with Crippen LogP contribution in [0.5, 0.6) is 0 Å². The molecule has 1 fully saturated rings. The Bertz CT molecular complexity index is 1780. The van der Waals surface area contributed by atoms with E-state index in [4.69, 9.17) is 24.5 Å². The molecule has 1 unspecified atom stereocenters. The van der Waals surface area contributed by atoms with Crippen LogP contribution in [0.25, 0.3) is 5.52 Å². The standard InChI is InChI=1S/C40H60N7O9P/c1-2-3-4-5-6-7-8-9-10-11-12-13-14-15-16-17-23-53-33(35(27-55-57(50,51)52)54-26-31-20-18-19-30(25-41)46-31)24-34-37(48)38(49)40(28-42,56-34)36-22-21-32-39(43)44-29-45-47(32)36/h18-22,29,33-35,37-38,48-49H,2-17,23-24,26-27H2,1H3,(H2,43,44,45)(H2,50,51,52)/t33?,34-,35-,37-,38-,40+/m1/s1. The molecule has 3 aromatic heterocycles. The van der Waals surface area contributed by atoms with E-state index >= 15 is 0 Å². The van der Waals surface area contributed by atoms with Crippen LogP contribution >= 0.6 is 7.82 Å². The summed E-state index contributed by atoms with van der Waals surface area (Å²) in [6.07, 6.45) is 13.7. The molecule has 6 atom stereocenters. The van der Waals surface area contributed by atoms with Crippen molar-refractivity contribution in [1.82, 2.24) is 19.6 Å². The number of phosphoric ester groups is 1. The van der Waals surface area contributed by atoms with E-state index < -0.39 is 50.6 Å². The van der Waals surface area contributed by atoms with Gasteiger partial charge in [-0.1, -0.05) is 109 Å². The van der Waals surface area contributed by atoms with Gasteiger partial charge < -0.3 is 39.9 Å². The summed E-state index contributed by atoms with van der Waals surface area (Å²) in [5.74, 6) is 0.135. The SMILES string of the molecule is CCCCCCCCCCCCCCCCCCOC(C[C@H]1O[C@@](C#N)(c2ccc3c(N)ncnn23)[C@H](O)[C@@H]1O)[C@@H](COP(=O)(O)O)OCc1cccc(C#N)n1. The maximum Gasteiger partial charge on any atom is 0.469 e. The third-order valence-electron chi connectivity index (χ3n) is 10.5. The number of hydrogen-bond acceptors (Lipinski definition) is 13. The van der Waals surface area contributed by atoms with Crippen molar-refractivity contribution in [3.8, 4) is 12.1 Å². The number of nitrogens with zero attached hydrogens (tertiary/aromatic N) is 6. The number of phosphoric acid groups is 1. The molecule has 17 heteroatoms. The molecular weight excluding hydrogens is 753 g/mol. The molecule has 0 saturated carbocycles. The summed E-state index contributed by atoms with van der Waals surface area (Å²) < 4.78 is 36.7. The first kappa shape index (κ1) is 46.2. The van der Waals surface area contributed by atoms with Crippen molar-refractivity contribution in [2.45, 2.75) is 159 Å². The third-order valence-corrected chi connectivity index (χ3v) is 11.0. The van der Waals surface area contributed by atoms with Gasteiger partial charge in [-0.25, -0.2) is 19.0 Å². The fourth-order valence-electron chi connectivity index (χ4n) is 7.29. The second kappa shape index (κ2) is 23.8. The van der Waals surface area contributed by atoms with Gasteiger partial charge in [0.15, 0.2) is 5.82 Å². The van der Waals surface area contributed by atoms with Crippen LogP contribution in [0.1, 0.15) is 133 Å². The number of aliphatic hydroxyl groups excluding tert-OH is 2. The van der Waals surface area contributed by atoms with E-state index in [0.29, 0.717) is 17.6 Å². The van der Waals surface area contributed by atoms with Crippen LogP contribution < -0.4 is 5.73 Å². The van der Waals surface area contributed by atoms with Crippen molar-refractivity contribution in [3.63, 3.8) is 0 Å². The first-order valence-corrected chi connectivity index (χ1v) is 21.9. The zero-order valence-corrected chi connectivity index (χ0v) is 33.9. The topological polar surface area (TPSA) is 252 Å². The maximum atomic E-state index is 11.8. The largest absolute Gasteiger partial charge is 0.469 e. The lowest BCUT2D eigenvalue weighted by molar-refractivity contribution is -0.126. The number of nitrogen functional groups attached to an aromatic ring is 1. The zero-order chi connectivity index (χ0) is 41.1. The van der Waals surface area contributed by atoms with Gasteiger partial charge in [-0.15, -0.1) is 0 Å². The highest BCUT2D eigenvalue weighted by molar-refractivity contribution is 7.46. The highest BCUT2D eigenvalue weighted by Gasteiger charge is 2.58. The van der Waals surface area contributed by atoms with Crippen LogP contribution in [-0.4, -0.2) is 83.3 Å². The van der Waals surface area contributed by atoms with Gasteiger partial charge >= 0.3 is 7.82 Å². The Morgan fingerprint density at radius 1 is 0.912 bits per heavy atom. The number of rotatable bonds is 28. The summed E-state index contributed by atoms with van der Waals surface area (Å²) in [7, 11) is -4.96. The van der Waals surface area contributed by atoms with Crippen molar-refractivity contribution in [2.75, 3.05) is 18.9 Å². The van der Waals surface area contributed by atoms with Gasteiger partial charge in [0, 0.05) is 13.0 Å². The molecule has 1 aliphatic heterocycles. The molecule has 1 saturated heterocycles. The lowest BCUT2D eigenvalue weighted by Crippen LogP contribution is -2.42. The minimum absolute atomic E-state index is 0.120. The number of pyridine rings is 1. The van der Waals surface area contributed by atoms with Crippen LogP contribution in [0.2, 0.25) is 0 Å². The van der Waals surface area contributed by atoms with Gasteiger partial charge in [0.25, 0.3) is 0 Å². The molecule has 16 nitrogen and oxygen atoms in total. The Kier molecular flexibility index (Phi) is 19.2. The highest BCUT2D eigenvalue weighted by atomic mass is 31.2. The van der Waals surface area contributed by atoms with Crippen LogP contribution in [0, 0.1) is 22.7 Å². The molecule has 6 N–H and O–H groups in total. The first-order chi connectivity index (χ1) is 27.5. The summed E-state index contributed by atoms with van der Waals surface area (Å²) in [4.78, 5) is 27.4. The normalized spacial score (nSPS) is 20.7. The van der Waals surface area contributed by atoms with E-state index in [2.05, 4.69) is 22.0 Å². The number of anilines is 1. The monoisotopic (exact) mass is 813 g/mol. The Morgan fingerprint density at radius 3 is 2.14 bits per heavy atom. The van der Waals surface area contributed by atoms with E-state index in [0.717, 1.165) is 19.3 Å². The van der Waals surface area contributed by atoms with Crippen molar-refractivity contribution in [2.24, 2.45) is 0 Å². The Morgan fingerprint density at radius 2 is 1.54 bits per heavy atom. The predicted octanol–water partition coefficient (Wildman–Crippen LogP) is 6.15. The second-order valence-corrected chi connectivity index (χ2v) is 16.0. The van der Waals surface area contributed by atoms with Crippen molar-refractivity contribution < 1.29 is 43.3 Å². The fourth-order valence-corrected chi connectivity index (χ4v) is 7.64. The summed E-state index contributed by atoms with van der Waals surface area (Å²) in [5.41, 5.74) is 4.95. The number of aromatic nitrogens is 4. The maximum absolute atomic E-state index is 11.8. The second-order valence-electron chi connectivity index (χ2n) is 14.8. The van der Waals surface area contributed by atoms with E-state index in [9.17, 15) is 35.1 Å². The minimum atomic E-state index is -4.96. The average Bonchev–Trinajstić information content (AvgIpc) is 3.74. The number of unbranched alkanes of at least 4 members (excludes halogenated alkanes) is 15. The van der Waals surface area contributed by atoms with Gasteiger partial charge in [0.2, 0.25) is 5.60 Å². The van der Waals surface area contributed by atoms with Gasteiger partial charge in [0.05, 0.1) is 36.8 Å². The lowest BCUT2D eigenvalue weighted by Gasteiger charge is -2.30. The number of ether oxygens (including phenoxy) is 3. The zero-order valence-electron chi connectivity index (χ0n) is 33.0. The number of aliphatic hydroxyl groups is 2. The minimum Gasteiger partial charge on any atom is -0.388 e. The third kappa shape index (κ3) is 14.1. The summed E-state index contributed by atoms with van der Waals surface area (Å²) in [6, 6.07) is 11.9. The molecule has 4 heterocycles. The van der Waals surface area contributed by atoms with E-state index in [1.807, 2.05) is 12.1 Å². The quantitative estimate of drug-likeness (QED) is 0.0407. The molecule has 4 rings (SSSR count). The van der Waals surface area contributed by atoms with Gasteiger partial charge in [0.1, 0.15) is 48.0 Å². The van der Waals surface area contributed by atoms with Crippen LogP contribution in [0.3, 0.4) is 0 Å². The van der Waals surface area contributed by atoms with Gasteiger partial charge in [-0.2, -0.15) is 15.6 Å². The molecule has 314 valence electrons. The van der Waals surface area contributed by atoms with Crippen molar-refractivity contribution >= 4 is 19.2 Å². The molecule has 0 radical (unpaired) electrons. The number of hydrogen-bond donors (Lipinski definition) is 5. The van der Waals surface area contributed by atoms with E-state index in [1.165, 1.54) is 100 Å². The van der Waals surface area contributed by atoms with Crippen LogP contribution in [-0.2, 0) is 35.5 Å². The summed E-state index contributed by atoms with van der Waals surface area (Å²) in [6.45, 7) is 1.71. The molecule has 0 amide bonds. The van der Waals surface area contributed by atoms with E-state index in [-0.39, 0.29) is 36.8 Å². The summed E-state index contributed by atoms with van der Waals surface area (Å²) >= 11 is 0. The molecule has 0 bridgehead atoms. The Hall–Kier alpha value is -3.54. The van der Waals surface area contributed by atoms with Gasteiger partial charge in [-0.3, -0.25) is 4.52 Å². The lowest BCUT2D eigenvalue weighted by atomic mass is 9.91. The molecule has 0 spiro atoms. The number of nitrogens with two attached hydrogens (primary N) is 1. The summed E-state index contributed by atoms with van der Waals surface area (Å²) in [5, 5.41) is 46.6. The molecule has 0 aliphatic carbocycles. The Labute approximate surface area is 335 Å². The fraction of sp³-hybridized carbons (Fsp3) is 0.675. The highest BCUT2D eigenvalue weighted by Crippen LogP contribution is 2.42. The molecule has 1 aliphatic rings. The first-order valence-electron chi connectivity index (χ1n) is 20.4. The average molecular weight is 814 g/mol. The van der Waals surface area contributed by atoms with Gasteiger partial charge in [-0.05, 0) is 30.7 Å². The number of fused-ring (bicyclic) bond motifs is 1. The van der Waals surface area contributed by atoms with Crippen molar-refractivity contribution in [1.29, 1.82) is 10.5 Å². The number of nitriles is 2. The van der Waals surface area contributed by atoms with E-state index in [1.54, 1.807) is 18.2 Å². The van der Waals surface area contributed by atoms with Crippen molar-refractivity contribution in [3.05, 3.63) is 53.7 Å². The molecular formula is C40H60N7O9P. The molecule has 57 heavy (non-hydrogen) atoms. The molecule has 3 aromatic rings. The smallest absolute Gasteiger partial charge is 0.388 e. The van der Waals surface area contributed by atoms with Crippen LogP contribution in [0.4, 0.5) is 5.82 Å². The predicted molar refractivity (Wildman–Crippen MR) is 211 cm³/mol. The molecule has 0 aromatic carbocycles. The van der Waals surface area contributed by atoms with Crippen LogP contribution in [0.15, 0.2) is 36.7 Å².